The summed E-state index contributed by atoms with van der Waals surface area (Å²) in [5.41, 5.74) is 5.15. The lowest BCUT2D eigenvalue weighted by atomic mass is 9.76. The summed E-state index contributed by atoms with van der Waals surface area (Å²) in [6, 6.07) is 1.74. The molecule has 3 aliphatic rings. The number of nitrogen functional groups attached to an aromatic ring is 1. The predicted molar refractivity (Wildman–Crippen MR) is 97.8 cm³/mol. The van der Waals surface area contributed by atoms with Gasteiger partial charge in [0.05, 0.1) is 6.61 Å². The van der Waals surface area contributed by atoms with Crippen molar-refractivity contribution >= 4 is 30.0 Å². The van der Waals surface area contributed by atoms with E-state index in [0.29, 0.717) is 31.5 Å². The van der Waals surface area contributed by atoms with Crippen LogP contribution >= 0.6 is 0 Å². The summed E-state index contributed by atoms with van der Waals surface area (Å²) in [5.74, 6) is 1.10. The average Bonchev–Trinajstić information content (AvgIpc) is 3.30. The van der Waals surface area contributed by atoms with Crippen LogP contribution in [0.4, 0.5) is 17.6 Å². The Bertz CT molecular complexity index is 696. The molecular weight excluding hydrogens is 354 g/mol. The van der Waals surface area contributed by atoms with Gasteiger partial charge < -0.3 is 30.5 Å². The van der Waals surface area contributed by atoms with Crippen LogP contribution in [0.1, 0.15) is 19.3 Å². The third-order valence-corrected chi connectivity index (χ3v) is 5.52. The second kappa shape index (κ2) is 7.95. The van der Waals surface area contributed by atoms with E-state index in [1.54, 1.807) is 6.07 Å². The van der Waals surface area contributed by atoms with Crippen molar-refractivity contribution in [1.29, 1.82) is 0 Å². The molecule has 27 heavy (non-hydrogen) atoms. The highest BCUT2D eigenvalue weighted by Crippen LogP contribution is 2.43. The number of hydrogen-bond donors (Lipinski definition) is 3. The topological polar surface area (TPSA) is 142 Å². The minimum atomic E-state index is -0.841. The first-order valence-corrected chi connectivity index (χ1v) is 9.03. The van der Waals surface area contributed by atoms with E-state index in [4.69, 9.17) is 20.4 Å². The number of aliphatic carboxylic acids is 1. The molecule has 0 amide bonds. The number of rotatable bonds is 3. The number of nitrogens with zero attached hydrogens (tertiary/aromatic N) is 4. The second-order valence-corrected chi connectivity index (χ2v) is 7.13. The lowest BCUT2D eigenvalue weighted by Gasteiger charge is -2.33. The molecule has 0 aliphatic carbocycles. The van der Waals surface area contributed by atoms with Crippen molar-refractivity contribution in [3.63, 3.8) is 0 Å². The molecule has 148 valence electrons. The molecule has 4 N–H and O–H groups in total. The number of nitrogens with two attached hydrogens (primary N) is 1. The number of anilines is 3. The van der Waals surface area contributed by atoms with Gasteiger partial charge in [0, 0.05) is 38.9 Å². The third-order valence-electron chi connectivity index (χ3n) is 5.52. The maximum atomic E-state index is 11.9. The van der Waals surface area contributed by atoms with Crippen molar-refractivity contribution < 1.29 is 24.5 Å². The van der Waals surface area contributed by atoms with Gasteiger partial charge in [-0.05, 0) is 25.2 Å². The van der Waals surface area contributed by atoms with Gasteiger partial charge in [0.1, 0.15) is 17.1 Å². The molecule has 0 unspecified atom stereocenters. The first-order valence-electron chi connectivity index (χ1n) is 9.03. The van der Waals surface area contributed by atoms with E-state index in [2.05, 4.69) is 14.9 Å². The molecule has 3 saturated heterocycles. The molecule has 2 atom stereocenters. The minimum absolute atomic E-state index is 0.0789. The number of carboxylic acid groups (broad SMARTS) is 2. The number of carboxylic acids is 1. The SMILES string of the molecule is Nc1cc(N2C[C@@H]3CCOC[C@]3(C(=O)O)C2)nc(N2CCCC2)n1.O=CO. The van der Waals surface area contributed by atoms with Crippen LogP contribution in [0.15, 0.2) is 6.07 Å². The summed E-state index contributed by atoms with van der Waals surface area (Å²) >= 11 is 0. The van der Waals surface area contributed by atoms with Gasteiger partial charge in [-0.3, -0.25) is 9.59 Å². The average molecular weight is 379 g/mol. The van der Waals surface area contributed by atoms with Crippen LogP contribution in [0.2, 0.25) is 0 Å². The van der Waals surface area contributed by atoms with Crippen molar-refractivity contribution in [2.24, 2.45) is 11.3 Å². The Hall–Kier alpha value is -2.62. The Morgan fingerprint density at radius 2 is 2.04 bits per heavy atom. The van der Waals surface area contributed by atoms with E-state index in [1.165, 1.54) is 0 Å². The van der Waals surface area contributed by atoms with Crippen LogP contribution in [0.3, 0.4) is 0 Å². The van der Waals surface area contributed by atoms with Gasteiger partial charge in [0.25, 0.3) is 6.47 Å². The molecule has 10 nitrogen and oxygen atoms in total. The van der Waals surface area contributed by atoms with Gasteiger partial charge >= 0.3 is 5.97 Å². The highest BCUT2D eigenvalue weighted by atomic mass is 16.5. The van der Waals surface area contributed by atoms with Crippen molar-refractivity contribution in [3.05, 3.63) is 6.07 Å². The standard InChI is InChI=1S/C16H23N5O3.CH2O2/c17-12-7-13(19-15(18-12)20-4-1-2-5-20)21-8-11-3-6-24-10-16(11,9-21)14(22)23;2-1-3/h7,11H,1-6,8-10H2,(H,22,23)(H2,17,18,19);1H,(H,2,3)/t11-,16+;/m0./s1. The monoisotopic (exact) mass is 379 g/mol. The van der Waals surface area contributed by atoms with Crippen molar-refractivity contribution in [2.75, 3.05) is 54.9 Å². The first kappa shape index (κ1) is 19.2. The Morgan fingerprint density at radius 1 is 1.33 bits per heavy atom. The van der Waals surface area contributed by atoms with E-state index < -0.39 is 11.4 Å². The van der Waals surface area contributed by atoms with E-state index >= 15 is 0 Å². The van der Waals surface area contributed by atoms with Crippen molar-refractivity contribution in [3.8, 4) is 0 Å². The molecule has 3 fully saturated rings. The number of hydrogen-bond acceptors (Lipinski definition) is 8. The van der Waals surface area contributed by atoms with Crippen molar-refractivity contribution in [1.82, 2.24) is 9.97 Å². The Labute approximate surface area is 156 Å². The maximum Gasteiger partial charge on any atom is 0.314 e. The number of aromatic nitrogens is 2. The fraction of sp³-hybridized carbons (Fsp3) is 0.647. The van der Waals surface area contributed by atoms with Crippen LogP contribution in [0.5, 0.6) is 0 Å². The molecular formula is C17H25N5O5. The fourth-order valence-electron chi connectivity index (χ4n) is 4.12. The maximum absolute atomic E-state index is 11.9. The molecule has 4 heterocycles. The normalized spacial score (nSPS) is 26.9. The fourth-order valence-corrected chi connectivity index (χ4v) is 4.12. The largest absolute Gasteiger partial charge is 0.483 e. The summed E-state index contributed by atoms with van der Waals surface area (Å²) < 4.78 is 5.49. The van der Waals surface area contributed by atoms with Crippen LogP contribution in [-0.2, 0) is 14.3 Å². The van der Waals surface area contributed by atoms with E-state index in [0.717, 1.165) is 38.2 Å². The van der Waals surface area contributed by atoms with Gasteiger partial charge in [-0.2, -0.15) is 9.97 Å². The number of carbonyl (C=O) groups is 2. The van der Waals surface area contributed by atoms with E-state index in [1.807, 2.05) is 4.90 Å². The molecule has 1 aromatic rings. The Morgan fingerprint density at radius 3 is 2.67 bits per heavy atom. The summed E-state index contributed by atoms with van der Waals surface area (Å²) in [5, 5.41) is 16.7. The molecule has 10 heteroatoms. The molecule has 3 aliphatic heterocycles. The zero-order valence-corrected chi connectivity index (χ0v) is 15.1. The van der Waals surface area contributed by atoms with Crippen LogP contribution < -0.4 is 15.5 Å². The van der Waals surface area contributed by atoms with Gasteiger partial charge in [0.2, 0.25) is 5.95 Å². The molecule has 0 spiro atoms. The molecule has 0 radical (unpaired) electrons. The van der Waals surface area contributed by atoms with E-state index in [-0.39, 0.29) is 19.0 Å². The molecule has 0 aromatic carbocycles. The molecule has 1 aromatic heterocycles. The number of ether oxygens (including phenoxy) is 1. The highest BCUT2D eigenvalue weighted by molar-refractivity contribution is 5.78. The van der Waals surface area contributed by atoms with Gasteiger partial charge in [-0.1, -0.05) is 0 Å². The molecule has 0 saturated carbocycles. The molecule has 0 bridgehead atoms. The third kappa shape index (κ3) is 3.75. The summed E-state index contributed by atoms with van der Waals surface area (Å²) in [6.07, 6.45) is 3.04. The zero-order valence-electron chi connectivity index (χ0n) is 15.1. The summed E-state index contributed by atoms with van der Waals surface area (Å²) in [6.45, 7) is 3.60. The Balaban J connectivity index is 0.000000659. The zero-order chi connectivity index (χ0) is 19.4. The van der Waals surface area contributed by atoms with Gasteiger partial charge in [-0.25, -0.2) is 0 Å². The highest BCUT2D eigenvalue weighted by Gasteiger charge is 2.54. The lowest BCUT2D eigenvalue weighted by molar-refractivity contribution is -0.159. The predicted octanol–water partition coefficient (Wildman–Crippen LogP) is 0.287. The number of fused-ring (bicyclic) bond motifs is 1. The Kier molecular flexibility index (Phi) is 5.64. The summed E-state index contributed by atoms with van der Waals surface area (Å²) in [7, 11) is 0. The van der Waals surface area contributed by atoms with Gasteiger partial charge in [-0.15, -0.1) is 0 Å². The smallest absolute Gasteiger partial charge is 0.314 e. The van der Waals surface area contributed by atoms with Gasteiger partial charge in [0.15, 0.2) is 0 Å². The summed E-state index contributed by atoms with van der Waals surface area (Å²) in [4.78, 5) is 33.5. The first-order chi connectivity index (χ1) is 13.0. The van der Waals surface area contributed by atoms with Crippen LogP contribution in [-0.4, -0.2) is 72.0 Å². The molecule has 4 rings (SSSR count). The minimum Gasteiger partial charge on any atom is -0.483 e. The lowest BCUT2D eigenvalue weighted by Crippen LogP contribution is -2.46. The quantitative estimate of drug-likeness (QED) is 0.627. The van der Waals surface area contributed by atoms with E-state index in [9.17, 15) is 9.90 Å². The van der Waals surface area contributed by atoms with Crippen LogP contribution in [0.25, 0.3) is 0 Å². The second-order valence-electron chi connectivity index (χ2n) is 7.13. The van der Waals surface area contributed by atoms with Crippen LogP contribution in [0, 0.1) is 11.3 Å². The van der Waals surface area contributed by atoms with Crippen molar-refractivity contribution in [2.45, 2.75) is 19.3 Å².